The van der Waals surface area contributed by atoms with Crippen LogP contribution in [0.3, 0.4) is 0 Å². The van der Waals surface area contributed by atoms with Gasteiger partial charge in [-0.1, -0.05) is 0 Å². The fourth-order valence-electron chi connectivity index (χ4n) is 3.13. The van der Waals surface area contributed by atoms with E-state index in [1.807, 2.05) is 13.8 Å². The molecule has 2 aromatic heterocycles. The smallest absolute Gasteiger partial charge is 0.167 e. The topological polar surface area (TPSA) is 123 Å². The maximum absolute atomic E-state index is 6.01. The summed E-state index contributed by atoms with van der Waals surface area (Å²) in [5.41, 5.74) is 12.8. The van der Waals surface area contributed by atoms with Gasteiger partial charge < -0.3 is 25.7 Å². The molecule has 4 unspecified atom stereocenters. The van der Waals surface area contributed by atoms with E-state index in [0.717, 1.165) is 0 Å². The van der Waals surface area contributed by atoms with Crippen LogP contribution in [0.4, 0.5) is 5.82 Å². The third-order valence-electron chi connectivity index (χ3n) is 4.02. The largest absolute Gasteiger partial charge is 0.382 e. The Hall–Kier alpha value is -1.81. The number of hydrogen-bond acceptors (Lipinski definition) is 8. The Balaban J connectivity index is 1.77. The van der Waals surface area contributed by atoms with Crippen molar-refractivity contribution in [2.24, 2.45) is 5.73 Å². The van der Waals surface area contributed by atoms with Crippen LogP contribution in [-0.4, -0.2) is 50.2 Å². The van der Waals surface area contributed by atoms with Gasteiger partial charge in [0.25, 0.3) is 0 Å². The van der Waals surface area contributed by atoms with Crippen molar-refractivity contribution in [1.29, 1.82) is 0 Å². The van der Waals surface area contributed by atoms with Crippen LogP contribution in [0.5, 0.6) is 0 Å². The number of rotatable bonds is 2. The maximum Gasteiger partial charge on any atom is 0.167 e. The molecule has 0 amide bonds. The molecule has 0 aromatic carbocycles. The number of nitrogens with zero attached hydrogens (tertiary/aromatic N) is 4. The second kappa shape index (κ2) is 4.59. The summed E-state index contributed by atoms with van der Waals surface area (Å²) < 4.78 is 19.7. The summed E-state index contributed by atoms with van der Waals surface area (Å²) in [5.74, 6) is -0.340. The molecular weight excluding hydrogens is 288 g/mol. The zero-order valence-electron chi connectivity index (χ0n) is 12.3. The lowest BCUT2D eigenvalue weighted by Gasteiger charge is -2.24. The van der Waals surface area contributed by atoms with E-state index < -0.39 is 12.0 Å². The molecule has 9 heteroatoms. The van der Waals surface area contributed by atoms with Gasteiger partial charge in [0.05, 0.1) is 6.33 Å². The van der Waals surface area contributed by atoms with E-state index in [4.69, 9.17) is 25.7 Å². The summed E-state index contributed by atoms with van der Waals surface area (Å²) >= 11 is 0. The highest BCUT2D eigenvalue weighted by molar-refractivity contribution is 5.81. The van der Waals surface area contributed by atoms with Gasteiger partial charge in [-0.3, -0.25) is 4.57 Å². The van der Waals surface area contributed by atoms with E-state index in [-0.39, 0.29) is 18.3 Å². The van der Waals surface area contributed by atoms with Crippen LogP contribution in [0.25, 0.3) is 11.2 Å². The molecule has 4 rings (SSSR count). The summed E-state index contributed by atoms with van der Waals surface area (Å²) in [6, 6.07) is 0. The highest BCUT2D eigenvalue weighted by Gasteiger charge is 2.55. The number of nitrogens with two attached hydrogens (primary N) is 2. The first-order valence-electron chi connectivity index (χ1n) is 7.14. The van der Waals surface area contributed by atoms with Gasteiger partial charge in [0.15, 0.2) is 23.5 Å². The number of ether oxygens (including phenoxy) is 3. The number of hydrogen-bond donors (Lipinski definition) is 2. The van der Waals surface area contributed by atoms with Gasteiger partial charge in [-0.25, -0.2) is 15.0 Å². The molecule has 2 fully saturated rings. The Labute approximate surface area is 126 Å². The number of fused-ring (bicyclic) bond motifs is 2. The van der Waals surface area contributed by atoms with E-state index >= 15 is 0 Å². The van der Waals surface area contributed by atoms with Crippen LogP contribution >= 0.6 is 0 Å². The van der Waals surface area contributed by atoms with Crippen LogP contribution in [0.15, 0.2) is 12.7 Å². The Morgan fingerprint density at radius 1 is 1.23 bits per heavy atom. The summed E-state index contributed by atoms with van der Waals surface area (Å²) in [4.78, 5) is 12.5. The molecule has 0 spiro atoms. The van der Waals surface area contributed by atoms with Gasteiger partial charge in [-0.2, -0.15) is 0 Å². The minimum Gasteiger partial charge on any atom is -0.382 e. The molecule has 2 aliphatic rings. The number of nitrogen functional groups attached to an aromatic ring is 1. The van der Waals surface area contributed by atoms with Crippen LogP contribution < -0.4 is 11.5 Å². The first-order chi connectivity index (χ1) is 10.5. The normalized spacial score (nSPS) is 33.4. The Morgan fingerprint density at radius 3 is 2.77 bits per heavy atom. The molecule has 4 N–H and O–H groups in total. The summed E-state index contributed by atoms with van der Waals surface area (Å²) in [6.07, 6.45) is 1.87. The van der Waals surface area contributed by atoms with Crippen molar-refractivity contribution in [2.45, 2.75) is 44.2 Å². The molecular formula is C13H18N6O3. The molecule has 0 aliphatic carbocycles. The predicted octanol–water partition coefficient (Wildman–Crippen LogP) is -0.215. The summed E-state index contributed by atoms with van der Waals surface area (Å²) in [7, 11) is 0. The Kier molecular flexibility index (Phi) is 2.89. The van der Waals surface area contributed by atoms with Gasteiger partial charge in [0, 0.05) is 6.54 Å². The second-order valence-corrected chi connectivity index (χ2v) is 5.95. The fraction of sp³-hybridized carbons (Fsp3) is 0.615. The molecule has 0 bridgehead atoms. The molecule has 4 atom stereocenters. The average Bonchev–Trinajstić information content (AvgIpc) is 3.10. The lowest BCUT2D eigenvalue weighted by Crippen LogP contribution is -2.34. The quantitative estimate of drug-likeness (QED) is 0.781. The van der Waals surface area contributed by atoms with Crippen LogP contribution in [0.1, 0.15) is 20.1 Å². The minimum atomic E-state index is -0.671. The molecule has 2 saturated heterocycles. The molecule has 2 aliphatic heterocycles. The van der Waals surface area contributed by atoms with Crippen molar-refractivity contribution in [1.82, 2.24) is 19.5 Å². The van der Waals surface area contributed by atoms with Crippen molar-refractivity contribution >= 4 is 17.0 Å². The van der Waals surface area contributed by atoms with Crippen LogP contribution in [-0.2, 0) is 14.2 Å². The van der Waals surface area contributed by atoms with Gasteiger partial charge in [-0.05, 0) is 13.8 Å². The predicted molar refractivity (Wildman–Crippen MR) is 76.5 cm³/mol. The molecule has 118 valence electrons. The van der Waals surface area contributed by atoms with Crippen molar-refractivity contribution in [3.05, 3.63) is 12.7 Å². The number of anilines is 1. The Bertz CT molecular complexity index is 717. The van der Waals surface area contributed by atoms with Crippen molar-refractivity contribution in [3.63, 3.8) is 0 Å². The lowest BCUT2D eigenvalue weighted by molar-refractivity contribution is -0.195. The van der Waals surface area contributed by atoms with Gasteiger partial charge in [-0.15, -0.1) is 0 Å². The van der Waals surface area contributed by atoms with Gasteiger partial charge >= 0.3 is 0 Å². The van der Waals surface area contributed by atoms with Crippen molar-refractivity contribution in [2.75, 3.05) is 12.3 Å². The highest BCUT2D eigenvalue weighted by atomic mass is 16.8. The monoisotopic (exact) mass is 306 g/mol. The molecule has 2 aromatic rings. The summed E-state index contributed by atoms with van der Waals surface area (Å²) in [5, 5.41) is 0. The fourth-order valence-corrected chi connectivity index (χ4v) is 3.13. The molecule has 22 heavy (non-hydrogen) atoms. The first kappa shape index (κ1) is 13.8. The standard InChI is InChI=1S/C13H18N6O3/c1-13(2)21-8-6(3-14)20-12(9(8)22-13)19-5-18-7-10(15)16-4-17-11(7)19/h4-6,8-9,12H,3,14H2,1-2H3,(H2,15,16,17). The van der Waals surface area contributed by atoms with Crippen LogP contribution in [0.2, 0.25) is 0 Å². The molecule has 4 heterocycles. The van der Waals surface area contributed by atoms with Gasteiger partial charge in [0.2, 0.25) is 0 Å². The lowest BCUT2D eigenvalue weighted by atomic mass is 10.1. The maximum atomic E-state index is 6.01. The number of imidazole rings is 1. The van der Waals surface area contributed by atoms with Gasteiger partial charge in [0.1, 0.15) is 30.2 Å². The first-order valence-corrected chi connectivity index (χ1v) is 7.14. The SMILES string of the molecule is CC1(C)OC2C(CN)OC(n3cnc4c(N)ncnc43)C2O1. The minimum absolute atomic E-state index is 0.221. The third-order valence-corrected chi connectivity index (χ3v) is 4.02. The second-order valence-electron chi connectivity index (χ2n) is 5.95. The molecule has 0 radical (unpaired) electrons. The Morgan fingerprint density at radius 2 is 2.00 bits per heavy atom. The summed E-state index contributed by atoms with van der Waals surface area (Å²) in [6.45, 7) is 4.10. The molecule has 9 nitrogen and oxygen atoms in total. The van der Waals surface area contributed by atoms with E-state index in [1.54, 1.807) is 10.9 Å². The van der Waals surface area contributed by atoms with Crippen molar-refractivity contribution < 1.29 is 14.2 Å². The van der Waals surface area contributed by atoms with E-state index in [2.05, 4.69) is 15.0 Å². The van der Waals surface area contributed by atoms with E-state index in [9.17, 15) is 0 Å². The molecule has 0 saturated carbocycles. The zero-order chi connectivity index (χ0) is 15.5. The average molecular weight is 306 g/mol. The van der Waals surface area contributed by atoms with Crippen molar-refractivity contribution in [3.8, 4) is 0 Å². The highest BCUT2D eigenvalue weighted by Crippen LogP contribution is 2.43. The van der Waals surface area contributed by atoms with Crippen LogP contribution in [0, 0.1) is 0 Å². The number of aromatic nitrogens is 4. The zero-order valence-corrected chi connectivity index (χ0v) is 12.3. The van der Waals surface area contributed by atoms with E-state index in [0.29, 0.717) is 23.5 Å². The van der Waals surface area contributed by atoms with E-state index in [1.165, 1.54) is 6.33 Å². The third kappa shape index (κ3) is 1.90.